The Morgan fingerprint density at radius 1 is 1.09 bits per heavy atom. The largest absolute Gasteiger partial charge is 0.497 e. The molecule has 0 aliphatic carbocycles. The first-order chi connectivity index (χ1) is 10.5. The van der Waals surface area contributed by atoms with E-state index in [0.29, 0.717) is 17.2 Å². The lowest BCUT2D eigenvalue weighted by atomic mass is 10.3. The van der Waals surface area contributed by atoms with Crippen LogP contribution in [0.1, 0.15) is 0 Å². The van der Waals surface area contributed by atoms with Gasteiger partial charge in [-0.3, -0.25) is 0 Å². The van der Waals surface area contributed by atoms with Gasteiger partial charge < -0.3 is 15.2 Å². The summed E-state index contributed by atoms with van der Waals surface area (Å²) in [6.07, 6.45) is 0. The molecule has 0 radical (unpaired) electrons. The first-order valence-electron chi connectivity index (χ1n) is 6.63. The molecule has 0 aromatic heterocycles. The number of benzene rings is 2. The van der Waals surface area contributed by atoms with Crippen molar-refractivity contribution in [3.8, 4) is 11.5 Å². The van der Waals surface area contributed by atoms with Crippen LogP contribution in [0.5, 0.6) is 11.5 Å². The maximum atomic E-state index is 12.0. The van der Waals surface area contributed by atoms with Crippen LogP contribution in [-0.2, 0) is 10.0 Å². The van der Waals surface area contributed by atoms with E-state index in [0.717, 1.165) is 0 Å². The molecule has 0 bridgehead atoms. The zero-order valence-electron chi connectivity index (χ0n) is 12.2. The Morgan fingerprint density at radius 3 is 2.45 bits per heavy atom. The third-order valence-corrected chi connectivity index (χ3v) is 4.37. The zero-order valence-corrected chi connectivity index (χ0v) is 13.0. The van der Waals surface area contributed by atoms with Gasteiger partial charge in [0.15, 0.2) is 0 Å². The number of ether oxygens (including phenoxy) is 2. The first-order valence-corrected chi connectivity index (χ1v) is 8.11. The van der Waals surface area contributed by atoms with Crippen LogP contribution < -0.4 is 19.9 Å². The molecule has 0 saturated heterocycles. The minimum Gasteiger partial charge on any atom is -0.497 e. The van der Waals surface area contributed by atoms with Crippen molar-refractivity contribution in [2.45, 2.75) is 4.90 Å². The Balaban J connectivity index is 1.86. The van der Waals surface area contributed by atoms with Crippen LogP contribution in [0, 0.1) is 0 Å². The summed E-state index contributed by atoms with van der Waals surface area (Å²) in [5, 5.41) is 0. The summed E-state index contributed by atoms with van der Waals surface area (Å²) in [5.74, 6) is 1.30. The van der Waals surface area contributed by atoms with E-state index in [1.807, 2.05) is 0 Å². The third kappa shape index (κ3) is 4.37. The number of nitrogens with one attached hydrogen (secondary N) is 1. The van der Waals surface area contributed by atoms with E-state index in [9.17, 15) is 8.42 Å². The van der Waals surface area contributed by atoms with Gasteiger partial charge in [-0.25, -0.2) is 13.1 Å². The van der Waals surface area contributed by atoms with Gasteiger partial charge in [0.2, 0.25) is 10.0 Å². The van der Waals surface area contributed by atoms with Gasteiger partial charge in [0.1, 0.15) is 18.1 Å². The Bertz CT molecular complexity index is 715. The highest BCUT2D eigenvalue weighted by Crippen LogP contribution is 2.18. The predicted octanol–water partition coefficient (Wildman–Crippen LogP) is 1.63. The lowest BCUT2D eigenvalue weighted by molar-refractivity contribution is 0.320. The summed E-state index contributed by atoms with van der Waals surface area (Å²) in [7, 11) is -1.99. The topological polar surface area (TPSA) is 90.6 Å². The van der Waals surface area contributed by atoms with E-state index in [2.05, 4.69) is 4.72 Å². The molecule has 2 rings (SSSR count). The smallest absolute Gasteiger partial charge is 0.240 e. The molecular weight excluding hydrogens is 304 g/mol. The molecule has 0 unspecified atom stereocenters. The summed E-state index contributed by atoms with van der Waals surface area (Å²) >= 11 is 0. The number of hydrogen-bond acceptors (Lipinski definition) is 5. The van der Waals surface area contributed by atoms with Crippen LogP contribution in [0.2, 0.25) is 0 Å². The summed E-state index contributed by atoms with van der Waals surface area (Å²) < 4.78 is 37.1. The molecule has 6 nitrogen and oxygen atoms in total. The van der Waals surface area contributed by atoms with Crippen LogP contribution in [0.3, 0.4) is 0 Å². The maximum Gasteiger partial charge on any atom is 0.240 e. The van der Waals surface area contributed by atoms with E-state index < -0.39 is 10.0 Å². The summed E-state index contributed by atoms with van der Waals surface area (Å²) in [6, 6.07) is 13.1. The second-order valence-corrected chi connectivity index (χ2v) is 6.26. The monoisotopic (exact) mass is 322 g/mol. The number of methoxy groups -OCH3 is 1. The third-order valence-electron chi connectivity index (χ3n) is 2.89. The van der Waals surface area contributed by atoms with E-state index in [1.165, 1.54) is 12.1 Å². The molecule has 3 N–H and O–H groups in total. The summed E-state index contributed by atoms with van der Waals surface area (Å²) in [6.45, 7) is 0.366. The van der Waals surface area contributed by atoms with Crippen molar-refractivity contribution in [2.24, 2.45) is 0 Å². The minimum absolute atomic E-state index is 0.157. The normalized spacial score (nSPS) is 11.1. The Labute approximate surface area is 129 Å². The Kier molecular flexibility index (Phi) is 5.24. The fourth-order valence-corrected chi connectivity index (χ4v) is 2.78. The van der Waals surface area contributed by atoms with E-state index in [1.54, 1.807) is 43.5 Å². The fourth-order valence-electron chi connectivity index (χ4n) is 1.77. The van der Waals surface area contributed by atoms with Crippen LogP contribution in [0.15, 0.2) is 53.4 Å². The van der Waals surface area contributed by atoms with Gasteiger partial charge in [-0.05, 0) is 36.4 Å². The molecular formula is C15H18N2O4S. The molecule has 0 aliphatic rings. The van der Waals surface area contributed by atoms with Crippen LogP contribution in [-0.4, -0.2) is 28.7 Å². The lowest BCUT2D eigenvalue weighted by Crippen LogP contribution is -2.28. The van der Waals surface area contributed by atoms with Crippen molar-refractivity contribution < 1.29 is 17.9 Å². The Morgan fingerprint density at radius 2 is 1.77 bits per heavy atom. The maximum absolute atomic E-state index is 12.0. The molecule has 2 aromatic carbocycles. The Hall–Kier alpha value is -2.25. The van der Waals surface area contributed by atoms with Crippen LogP contribution >= 0.6 is 0 Å². The molecule has 0 heterocycles. The molecule has 2 aromatic rings. The number of sulfonamides is 1. The predicted molar refractivity (Wildman–Crippen MR) is 84.5 cm³/mol. The van der Waals surface area contributed by atoms with Crippen molar-refractivity contribution in [2.75, 3.05) is 26.0 Å². The number of nitrogens with two attached hydrogens (primary N) is 1. The van der Waals surface area contributed by atoms with Gasteiger partial charge >= 0.3 is 0 Å². The second kappa shape index (κ2) is 7.15. The number of hydrogen-bond donors (Lipinski definition) is 2. The van der Waals surface area contributed by atoms with Gasteiger partial charge in [0.05, 0.1) is 12.0 Å². The van der Waals surface area contributed by atoms with Crippen molar-refractivity contribution in [3.05, 3.63) is 48.5 Å². The molecule has 0 spiro atoms. The first kappa shape index (κ1) is 16.1. The molecule has 118 valence electrons. The van der Waals surface area contributed by atoms with Gasteiger partial charge in [-0.2, -0.15) is 0 Å². The highest BCUT2D eigenvalue weighted by atomic mass is 32.2. The second-order valence-electron chi connectivity index (χ2n) is 4.49. The molecule has 0 fully saturated rings. The van der Waals surface area contributed by atoms with Crippen molar-refractivity contribution in [3.63, 3.8) is 0 Å². The SMILES string of the molecule is COc1cccc(OCCNS(=O)(=O)c2ccc(N)cc2)c1. The van der Waals surface area contributed by atoms with Gasteiger partial charge in [0, 0.05) is 18.3 Å². The van der Waals surface area contributed by atoms with Crippen LogP contribution in [0.4, 0.5) is 5.69 Å². The fraction of sp³-hybridized carbons (Fsp3) is 0.200. The molecule has 7 heteroatoms. The van der Waals surface area contributed by atoms with E-state index >= 15 is 0 Å². The zero-order chi connectivity index (χ0) is 16.0. The van der Waals surface area contributed by atoms with Gasteiger partial charge in [-0.1, -0.05) is 6.07 Å². The molecule has 0 saturated carbocycles. The van der Waals surface area contributed by atoms with Crippen molar-refractivity contribution in [1.82, 2.24) is 4.72 Å². The highest BCUT2D eigenvalue weighted by molar-refractivity contribution is 7.89. The van der Waals surface area contributed by atoms with E-state index in [-0.39, 0.29) is 18.0 Å². The van der Waals surface area contributed by atoms with Gasteiger partial charge in [0.25, 0.3) is 0 Å². The van der Waals surface area contributed by atoms with Crippen LogP contribution in [0.25, 0.3) is 0 Å². The molecule has 0 atom stereocenters. The minimum atomic E-state index is -3.55. The highest BCUT2D eigenvalue weighted by Gasteiger charge is 2.12. The molecule has 22 heavy (non-hydrogen) atoms. The number of anilines is 1. The van der Waals surface area contributed by atoms with E-state index in [4.69, 9.17) is 15.2 Å². The summed E-state index contributed by atoms with van der Waals surface area (Å²) in [4.78, 5) is 0.170. The van der Waals surface area contributed by atoms with Crippen molar-refractivity contribution in [1.29, 1.82) is 0 Å². The summed E-state index contributed by atoms with van der Waals surface area (Å²) in [5.41, 5.74) is 6.05. The lowest BCUT2D eigenvalue weighted by Gasteiger charge is -2.09. The average molecular weight is 322 g/mol. The average Bonchev–Trinajstić information content (AvgIpc) is 2.52. The van der Waals surface area contributed by atoms with Gasteiger partial charge in [-0.15, -0.1) is 0 Å². The van der Waals surface area contributed by atoms with Crippen molar-refractivity contribution >= 4 is 15.7 Å². The molecule has 0 amide bonds. The quantitative estimate of drug-likeness (QED) is 0.597. The molecule has 0 aliphatic heterocycles. The standard InChI is InChI=1S/C15H18N2O4S/c1-20-13-3-2-4-14(11-13)21-10-9-17-22(18,19)15-7-5-12(16)6-8-15/h2-8,11,17H,9-10,16H2,1H3. The number of rotatable bonds is 7. The number of nitrogen functional groups attached to an aromatic ring is 1.